The summed E-state index contributed by atoms with van der Waals surface area (Å²) in [5, 5.41) is 0.997. The normalized spacial score (nSPS) is 11.1. The molecule has 3 aromatic rings. The van der Waals surface area contributed by atoms with E-state index < -0.39 is 11.6 Å². The molecule has 0 atom stereocenters. The van der Waals surface area contributed by atoms with E-state index in [9.17, 15) is 8.78 Å². The lowest BCUT2D eigenvalue weighted by atomic mass is 10.3. The first-order valence-corrected chi connectivity index (χ1v) is 7.70. The Kier molecular flexibility index (Phi) is 4.68. The first-order chi connectivity index (χ1) is 11.0. The van der Waals surface area contributed by atoms with Crippen molar-refractivity contribution in [2.45, 2.75) is 12.8 Å². The number of ether oxygens (including phenoxy) is 1. The zero-order valence-electron chi connectivity index (χ0n) is 11.9. The predicted octanol–water partition coefficient (Wildman–Crippen LogP) is 5.16. The highest BCUT2D eigenvalue weighted by atomic mass is 35.5. The molecule has 0 spiro atoms. The molecule has 0 aliphatic carbocycles. The van der Waals surface area contributed by atoms with Gasteiger partial charge in [-0.05, 0) is 24.6 Å². The van der Waals surface area contributed by atoms with Crippen molar-refractivity contribution in [3.05, 3.63) is 57.8 Å². The SMILES string of the molecule is Fc1cc2nc(CCCOc3ccc(Cl)cc3Cl)[nH]c2cc1F. The number of H-pyrrole nitrogens is 1. The number of nitrogens with zero attached hydrogens (tertiary/aromatic N) is 1. The van der Waals surface area contributed by atoms with Crippen molar-refractivity contribution in [3.63, 3.8) is 0 Å². The van der Waals surface area contributed by atoms with Crippen LogP contribution in [0.15, 0.2) is 30.3 Å². The zero-order chi connectivity index (χ0) is 16.4. The summed E-state index contributed by atoms with van der Waals surface area (Å²) in [6.45, 7) is 0.432. The van der Waals surface area contributed by atoms with Crippen molar-refractivity contribution in [1.29, 1.82) is 0 Å². The summed E-state index contributed by atoms with van der Waals surface area (Å²) >= 11 is 11.8. The molecule has 1 heterocycles. The maximum Gasteiger partial charge on any atom is 0.161 e. The molecule has 0 aliphatic heterocycles. The number of nitrogens with one attached hydrogen (secondary N) is 1. The molecule has 120 valence electrons. The van der Waals surface area contributed by atoms with Crippen molar-refractivity contribution in [2.24, 2.45) is 0 Å². The van der Waals surface area contributed by atoms with Crippen molar-refractivity contribution in [2.75, 3.05) is 6.61 Å². The minimum Gasteiger partial charge on any atom is -0.492 e. The van der Waals surface area contributed by atoms with Gasteiger partial charge < -0.3 is 9.72 Å². The molecule has 0 unspecified atom stereocenters. The predicted molar refractivity (Wildman–Crippen MR) is 86.3 cm³/mol. The number of aromatic amines is 1. The van der Waals surface area contributed by atoms with Crippen LogP contribution in [0.3, 0.4) is 0 Å². The third-order valence-electron chi connectivity index (χ3n) is 3.28. The van der Waals surface area contributed by atoms with Gasteiger partial charge in [0.05, 0.1) is 22.7 Å². The van der Waals surface area contributed by atoms with E-state index in [2.05, 4.69) is 9.97 Å². The van der Waals surface area contributed by atoms with Crippen LogP contribution in [0.1, 0.15) is 12.2 Å². The Bertz CT molecular complexity index is 812. The first kappa shape index (κ1) is 16.0. The molecular weight excluding hydrogens is 345 g/mol. The average molecular weight is 357 g/mol. The smallest absolute Gasteiger partial charge is 0.161 e. The number of aryl methyl sites for hydroxylation is 1. The summed E-state index contributed by atoms with van der Waals surface area (Å²) in [5.41, 5.74) is 0.876. The summed E-state index contributed by atoms with van der Waals surface area (Å²) in [6.07, 6.45) is 1.26. The van der Waals surface area contributed by atoms with Gasteiger partial charge in [-0.2, -0.15) is 0 Å². The second-order valence-corrected chi connectivity index (χ2v) is 5.84. The monoisotopic (exact) mass is 356 g/mol. The van der Waals surface area contributed by atoms with E-state index >= 15 is 0 Å². The molecule has 7 heteroatoms. The highest BCUT2D eigenvalue weighted by molar-refractivity contribution is 6.35. The van der Waals surface area contributed by atoms with Gasteiger partial charge in [0.1, 0.15) is 11.6 Å². The number of hydrogen-bond acceptors (Lipinski definition) is 2. The number of fused-ring (bicyclic) bond motifs is 1. The Morgan fingerprint density at radius 1 is 1.09 bits per heavy atom. The van der Waals surface area contributed by atoms with Crippen LogP contribution in [0.2, 0.25) is 10.0 Å². The molecule has 3 nitrogen and oxygen atoms in total. The maximum atomic E-state index is 13.2. The summed E-state index contributed by atoms with van der Waals surface area (Å²) in [4.78, 5) is 7.19. The van der Waals surface area contributed by atoms with Gasteiger partial charge in [0.2, 0.25) is 0 Å². The van der Waals surface area contributed by atoms with E-state index in [-0.39, 0.29) is 0 Å². The molecule has 0 saturated carbocycles. The molecule has 0 radical (unpaired) electrons. The van der Waals surface area contributed by atoms with Crippen LogP contribution in [0, 0.1) is 11.6 Å². The molecule has 2 aromatic carbocycles. The third kappa shape index (κ3) is 3.74. The summed E-state index contributed by atoms with van der Waals surface area (Å²) < 4.78 is 31.9. The van der Waals surface area contributed by atoms with Crippen molar-refractivity contribution >= 4 is 34.2 Å². The highest BCUT2D eigenvalue weighted by Crippen LogP contribution is 2.27. The minimum absolute atomic E-state index is 0.403. The topological polar surface area (TPSA) is 37.9 Å². The number of hydrogen-bond donors (Lipinski definition) is 1. The largest absolute Gasteiger partial charge is 0.492 e. The maximum absolute atomic E-state index is 13.2. The van der Waals surface area contributed by atoms with E-state index in [0.717, 1.165) is 12.1 Å². The number of imidazole rings is 1. The van der Waals surface area contributed by atoms with Crippen LogP contribution < -0.4 is 4.74 Å². The van der Waals surface area contributed by atoms with Crippen LogP contribution in [0.25, 0.3) is 11.0 Å². The lowest BCUT2D eigenvalue weighted by molar-refractivity contribution is 0.310. The van der Waals surface area contributed by atoms with Crippen LogP contribution >= 0.6 is 23.2 Å². The third-order valence-corrected chi connectivity index (χ3v) is 3.81. The van der Waals surface area contributed by atoms with Gasteiger partial charge in [-0.15, -0.1) is 0 Å². The Morgan fingerprint density at radius 2 is 1.87 bits per heavy atom. The molecule has 0 amide bonds. The second-order valence-electron chi connectivity index (χ2n) is 4.99. The van der Waals surface area contributed by atoms with Gasteiger partial charge in [-0.3, -0.25) is 0 Å². The number of benzene rings is 2. The molecule has 0 bridgehead atoms. The highest BCUT2D eigenvalue weighted by Gasteiger charge is 2.09. The standard InChI is InChI=1S/C16H12Cl2F2N2O/c17-9-3-4-15(10(18)6-9)23-5-1-2-16-21-13-7-11(19)12(20)8-14(13)22-16/h3-4,6-8H,1-2,5H2,(H,21,22). The van der Waals surface area contributed by atoms with Gasteiger partial charge in [-0.1, -0.05) is 23.2 Å². The van der Waals surface area contributed by atoms with Crippen molar-refractivity contribution in [1.82, 2.24) is 9.97 Å². The lowest BCUT2D eigenvalue weighted by Gasteiger charge is -2.07. The molecule has 3 rings (SSSR count). The van der Waals surface area contributed by atoms with Crippen LogP contribution in [-0.2, 0) is 6.42 Å². The molecule has 0 aliphatic rings. The average Bonchev–Trinajstić information content (AvgIpc) is 2.87. The zero-order valence-corrected chi connectivity index (χ0v) is 13.4. The molecule has 0 fully saturated rings. The Balaban J connectivity index is 1.58. The fourth-order valence-corrected chi connectivity index (χ4v) is 2.65. The van der Waals surface area contributed by atoms with Crippen LogP contribution in [-0.4, -0.2) is 16.6 Å². The fourth-order valence-electron chi connectivity index (χ4n) is 2.19. The fraction of sp³-hybridized carbons (Fsp3) is 0.188. The van der Waals surface area contributed by atoms with Crippen LogP contribution in [0.5, 0.6) is 5.75 Å². The van der Waals surface area contributed by atoms with Gasteiger partial charge in [0, 0.05) is 23.6 Å². The summed E-state index contributed by atoms with van der Waals surface area (Å²) in [7, 11) is 0. The number of rotatable bonds is 5. The minimum atomic E-state index is -0.906. The van der Waals surface area contributed by atoms with Gasteiger partial charge in [-0.25, -0.2) is 13.8 Å². The molecule has 0 saturated heterocycles. The Morgan fingerprint density at radius 3 is 2.65 bits per heavy atom. The van der Waals surface area contributed by atoms with E-state index in [1.54, 1.807) is 18.2 Å². The van der Waals surface area contributed by atoms with E-state index in [0.29, 0.717) is 52.1 Å². The van der Waals surface area contributed by atoms with Crippen molar-refractivity contribution < 1.29 is 13.5 Å². The molecule has 1 N–H and O–H groups in total. The van der Waals surface area contributed by atoms with E-state index in [4.69, 9.17) is 27.9 Å². The van der Waals surface area contributed by atoms with E-state index in [1.165, 1.54) is 0 Å². The van der Waals surface area contributed by atoms with Gasteiger partial charge >= 0.3 is 0 Å². The van der Waals surface area contributed by atoms with Crippen LogP contribution in [0.4, 0.5) is 8.78 Å². The summed E-state index contributed by atoms with van der Waals surface area (Å²) in [6, 6.07) is 7.20. The molecule has 1 aromatic heterocycles. The first-order valence-electron chi connectivity index (χ1n) is 6.94. The quantitative estimate of drug-likeness (QED) is 0.641. The number of halogens is 4. The van der Waals surface area contributed by atoms with Gasteiger partial charge in [0.25, 0.3) is 0 Å². The lowest BCUT2D eigenvalue weighted by Crippen LogP contribution is -2.00. The van der Waals surface area contributed by atoms with Gasteiger partial charge in [0.15, 0.2) is 11.6 Å². The molecule has 23 heavy (non-hydrogen) atoms. The van der Waals surface area contributed by atoms with E-state index in [1.807, 2.05) is 0 Å². The molecular formula is C16H12Cl2F2N2O. The second kappa shape index (κ2) is 6.72. The number of aromatic nitrogens is 2. The Hall–Kier alpha value is -1.85. The summed E-state index contributed by atoms with van der Waals surface area (Å²) in [5.74, 6) is -0.592. The Labute approximate surface area is 141 Å². The van der Waals surface area contributed by atoms with Crippen molar-refractivity contribution in [3.8, 4) is 5.75 Å².